The standard InChI is InChI=1S/C19H18O6/c1-2-16(24-12-4-6-14-18(8-12)22-10-20-14)17(3-1)25-13-5-7-15-19(9-13)23-11-21-15/h4-9,16-17H,1-3,10-11H2/t16-,17-/m1/s1. The highest BCUT2D eigenvalue weighted by atomic mass is 16.7. The Balaban J connectivity index is 1.29. The summed E-state index contributed by atoms with van der Waals surface area (Å²) in [7, 11) is 0. The van der Waals surface area contributed by atoms with Gasteiger partial charge in [0.25, 0.3) is 0 Å². The molecule has 1 fully saturated rings. The van der Waals surface area contributed by atoms with E-state index in [-0.39, 0.29) is 25.8 Å². The zero-order valence-electron chi connectivity index (χ0n) is 13.6. The molecule has 2 heterocycles. The van der Waals surface area contributed by atoms with Gasteiger partial charge in [-0.15, -0.1) is 0 Å². The largest absolute Gasteiger partial charge is 0.486 e. The molecule has 6 nitrogen and oxygen atoms in total. The van der Waals surface area contributed by atoms with E-state index in [2.05, 4.69) is 0 Å². The van der Waals surface area contributed by atoms with Crippen LogP contribution in [0.1, 0.15) is 19.3 Å². The molecular weight excluding hydrogens is 324 g/mol. The third-order valence-corrected chi connectivity index (χ3v) is 4.65. The van der Waals surface area contributed by atoms with Crippen molar-refractivity contribution in [1.82, 2.24) is 0 Å². The first-order valence-corrected chi connectivity index (χ1v) is 8.48. The lowest BCUT2D eigenvalue weighted by Crippen LogP contribution is -2.31. The molecule has 2 aromatic rings. The van der Waals surface area contributed by atoms with Gasteiger partial charge in [0, 0.05) is 12.1 Å². The number of hydrogen-bond donors (Lipinski definition) is 0. The van der Waals surface area contributed by atoms with Gasteiger partial charge < -0.3 is 28.4 Å². The summed E-state index contributed by atoms with van der Waals surface area (Å²) in [6.45, 7) is 0.524. The van der Waals surface area contributed by atoms with Crippen molar-refractivity contribution in [2.45, 2.75) is 31.5 Å². The van der Waals surface area contributed by atoms with Gasteiger partial charge in [0.15, 0.2) is 23.0 Å². The lowest BCUT2D eigenvalue weighted by atomic mass is 10.2. The molecule has 130 valence electrons. The molecule has 0 amide bonds. The molecule has 25 heavy (non-hydrogen) atoms. The number of rotatable bonds is 4. The second kappa shape index (κ2) is 5.95. The van der Waals surface area contributed by atoms with E-state index in [1.807, 2.05) is 36.4 Å². The highest BCUT2D eigenvalue weighted by Gasteiger charge is 2.31. The van der Waals surface area contributed by atoms with Crippen molar-refractivity contribution in [3.63, 3.8) is 0 Å². The average Bonchev–Trinajstić information content (AvgIpc) is 3.35. The molecule has 0 bridgehead atoms. The summed E-state index contributed by atoms with van der Waals surface area (Å²) in [5.74, 6) is 4.51. The third-order valence-electron chi connectivity index (χ3n) is 4.65. The molecule has 2 aromatic carbocycles. The first-order chi connectivity index (χ1) is 12.3. The maximum atomic E-state index is 6.16. The van der Waals surface area contributed by atoms with E-state index in [4.69, 9.17) is 28.4 Å². The van der Waals surface area contributed by atoms with Crippen molar-refractivity contribution in [3.05, 3.63) is 36.4 Å². The van der Waals surface area contributed by atoms with Gasteiger partial charge in [0.1, 0.15) is 23.7 Å². The molecule has 0 aromatic heterocycles. The summed E-state index contributed by atoms with van der Waals surface area (Å²) in [6.07, 6.45) is 3.01. The molecule has 5 rings (SSSR count). The van der Waals surface area contributed by atoms with Crippen LogP contribution in [0, 0.1) is 0 Å². The lowest BCUT2D eigenvalue weighted by Gasteiger charge is -2.22. The molecular formula is C19H18O6. The number of fused-ring (bicyclic) bond motifs is 2. The Morgan fingerprint density at radius 3 is 1.64 bits per heavy atom. The summed E-state index contributed by atoms with van der Waals surface area (Å²) < 4.78 is 33.8. The fourth-order valence-corrected chi connectivity index (χ4v) is 3.41. The van der Waals surface area contributed by atoms with Gasteiger partial charge in [-0.1, -0.05) is 0 Å². The van der Waals surface area contributed by atoms with Crippen molar-refractivity contribution >= 4 is 0 Å². The van der Waals surface area contributed by atoms with E-state index in [1.54, 1.807) is 0 Å². The summed E-state index contributed by atoms with van der Waals surface area (Å²) in [4.78, 5) is 0. The van der Waals surface area contributed by atoms with Crippen molar-refractivity contribution in [3.8, 4) is 34.5 Å². The molecule has 1 saturated carbocycles. The van der Waals surface area contributed by atoms with Gasteiger partial charge in [-0.3, -0.25) is 0 Å². The van der Waals surface area contributed by atoms with Crippen molar-refractivity contribution in [1.29, 1.82) is 0 Å². The monoisotopic (exact) mass is 342 g/mol. The zero-order valence-corrected chi connectivity index (χ0v) is 13.6. The van der Waals surface area contributed by atoms with Crippen LogP contribution >= 0.6 is 0 Å². The Hall–Kier alpha value is -2.76. The number of hydrogen-bond acceptors (Lipinski definition) is 6. The minimum atomic E-state index is 0.00537. The van der Waals surface area contributed by atoms with Crippen LogP contribution in [0.3, 0.4) is 0 Å². The summed E-state index contributed by atoms with van der Waals surface area (Å²) >= 11 is 0. The fourth-order valence-electron chi connectivity index (χ4n) is 3.41. The average molecular weight is 342 g/mol. The van der Waals surface area contributed by atoms with Gasteiger partial charge in [0.2, 0.25) is 13.6 Å². The highest BCUT2D eigenvalue weighted by Crippen LogP contribution is 2.38. The smallest absolute Gasteiger partial charge is 0.231 e. The third kappa shape index (κ3) is 2.77. The molecule has 6 heteroatoms. The first-order valence-electron chi connectivity index (χ1n) is 8.48. The maximum absolute atomic E-state index is 6.16. The minimum absolute atomic E-state index is 0.00537. The van der Waals surface area contributed by atoms with Crippen LogP contribution in [0.25, 0.3) is 0 Å². The van der Waals surface area contributed by atoms with Crippen LogP contribution in [-0.2, 0) is 0 Å². The topological polar surface area (TPSA) is 55.4 Å². The van der Waals surface area contributed by atoms with Crippen LogP contribution in [0.2, 0.25) is 0 Å². The van der Waals surface area contributed by atoms with Gasteiger partial charge in [-0.2, -0.15) is 0 Å². The Labute approximate surface area is 145 Å². The second-order valence-electron chi connectivity index (χ2n) is 6.27. The Morgan fingerprint density at radius 1 is 0.640 bits per heavy atom. The predicted molar refractivity (Wildman–Crippen MR) is 87.8 cm³/mol. The van der Waals surface area contributed by atoms with Crippen LogP contribution in [-0.4, -0.2) is 25.8 Å². The molecule has 3 aliphatic rings. The van der Waals surface area contributed by atoms with Crippen LogP contribution < -0.4 is 28.4 Å². The molecule has 1 aliphatic carbocycles. The summed E-state index contributed by atoms with van der Waals surface area (Å²) in [6, 6.07) is 11.3. The van der Waals surface area contributed by atoms with E-state index in [9.17, 15) is 0 Å². The van der Waals surface area contributed by atoms with Crippen LogP contribution in [0.5, 0.6) is 34.5 Å². The van der Waals surface area contributed by atoms with Gasteiger partial charge in [-0.05, 0) is 43.5 Å². The van der Waals surface area contributed by atoms with Crippen molar-refractivity contribution in [2.75, 3.05) is 13.6 Å². The molecule has 0 saturated heterocycles. The van der Waals surface area contributed by atoms with Crippen molar-refractivity contribution < 1.29 is 28.4 Å². The Kier molecular flexibility index (Phi) is 3.47. The maximum Gasteiger partial charge on any atom is 0.231 e. The van der Waals surface area contributed by atoms with Gasteiger partial charge >= 0.3 is 0 Å². The summed E-state index contributed by atoms with van der Waals surface area (Å²) in [5, 5.41) is 0. The van der Waals surface area contributed by atoms with Crippen LogP contribution in [0.15, 0.2) is 36.4 Å². The van der Waals surface area contributed by atoms with Gasteiger partial charge in [-0.25, -0.2) is 0 Å². The van der Waals surface area contributed by atoms with E-state index in [0.717, 1.165) is 53.8 Å². The number of benzene rings is 2. The minimum Gasteiger partial charge on any atom is -0.486 e. The summed E-state index contributed by atoms with van der Waals surface area (Å²) in [5.41, 5.74) is 0. The Morgan fingerprint density at radius 2 is 1.12 bits per heavy atom. The predicted octanol–water partition coefficient (Wildman–Crippen LogP) is 3.52. The van der Waals surface area contributed by atoms with E-state index in [0.29, 0.717) is 0 Å². The quantitative estimate of drug-likeness (QED) is 0.847. The molecule has 0 N–H and O–H groups in total. The van der Waals surface area contributed by atoms with Crippen LogP contribution in [0.4, 0.5) is 0 Å². The normalized spacial score (nSPS) is 22.9. The van der Waals surface area contributed by atoms with E-state index >= 15 is 0 Å². The second-order valence-corrected chi connectivity index (χ2v) is 6.27. The molecule has 0 spiro atoms. The zero-order chi connectivity index (χ0) is 16.6. The SMILES string of the molecule is c1cc2c(cc1O[C@@H]1CCC[C@H]1Oc1ccc3c(c1)OCO3)OCO2. The highest BCUT2D eigenvalue weighted by molar-refractivity contribution is 5.48. The van der Waals surface area contributed by atoms with Crippen molar-refractivity contribution in [2.24, 2.45) is 0 Å². The molecule has 2 aliphatic heterocycles. The Bertz CT molecular complexity index is 724. The van der Waals surface area contributed by atoms with E-state index in [1.165, 1.54) is 0 Å². The molecule has 0 radical (unpaired) electrons. The fraction of sp³-hybridized carbons (Fsp3) is 0.368. The molecule has 0 unspecified atom stereocenters. The lowest BCUT2D eigenvalue weighted by molar-refractivity contribution is 0.0776. The first kappa shape index (κ1) is 14.6. The van der Waals surface area contributed by atoms with Gasteiger partial charge in [0.05, 0.1) is 0 Å². The number of ether oxygens (including phenoxy) is 6. The van der Waals surface area contributed by atoms with E-state index < -0.39 is 0 Å². The molecule has 2 atom stereocenters.